The van der Waals surface area contributed by atoms with Crippen molar-refractivity contribution in [2.45, 2.75) is 6.54 Å². The van der Waals surface area contributed by atoms with Crippen molar-refractivity contribution in [2.24, 2.45) is 0 Å². The molecular weight excluding hydrogens is 500 g/mol. The molecule has 0 aliphatic carbocycles. The second-order valence-electron chi connectivity index (χ2n) is 5.05. The van der Waals surface area contributed by atoms with E-state index in [4.69, 9.17) is 0 Å². The SMILES string of the molecule is O=C(C[n+]1ccc(-c2ccc(Br)cc2)nc1)c1ccc(Br)cc1.[Br-]. The fourth-order valence-electron chi connectivity index (χ4n) is 2.16. The van der Waals surface area contributed by atoms with E-state index in [1.54, 1.807) is 10.9 Å². The van der Waals surface area contributed by atoms with E-state index in [1.807, 2.05) is 60.8 Å². The van der Waals surface area contributed by atoms with Crippen LogP contribution in [0.5, 0.6) is 0 Å². The standard InChI is InChI=1S/C18H13Br2N2O.BrH/c19-15-5-1-13(2-6-15)17-9-10-22(12-21-17)11-18(23)14-3-7-16(20)8-4-14;/h1-10,12H,11H2;1H/q+1;/p-1. The highest BCUT2D eigenvalue weighted by molar-refractivity contribution is 9.10. The van der Waals surface area contributed by atoms with Crippen LogP contribution < -0.4 is 21.5 Å². The first kappa shape index (κ1) is 19.0. The lowest BCUT2D eigenvalue weighted by Gasteiger charge is -2.01. The normalized spacial score (nSPS) is 10.1. The summed E-state index contributed by atoms with van der Waals surface area (Å²) in [6.45, 7) is 0.273. The van der Waals surface area contributed by atoms with Gasteiger partial charge in [0.2, 0.25) is 5.78 Å². The molecule has 24 heavy (non-hydrogen) atoms. The molecule has 0 amide bonds. The molecular formula is C18H13Br3N2O. The Labute approximate surface area is 167 Å². The van der Waals surface area contributed by atoms with Crippen LogP contribution in [0, 0.1) is 0 Å². The Bertz CT molecular complexity index is 816. The Morgan fingerprint density at radius 2 is 1.50 bits per heavy atom. The highest BCUT2D eigenvalue weighted by Crippen LogP contribution is 2.18. The van der Waals surface area contributed by atoms with Gasteiger partial charge in [0, 0.05) is 26.1 Å². The highest BCUT2D eigenvalue weighted by Gasteiger charge is 2.11. The Morgan fingerprint density at radius 3 is 2.04 bits per heavy atom. The van der Waals surface area contributed by atoms with Crippen molar-refractivity contribution in [1.29, 1.82) is 0 Å². The third kappa shape index (κ3) is 4.82. The van der Waals surface area contributed by atoms with Crippen molar-refractivity contribution in [3.8, 4) is 11.3 Å². The van der Waals surface area contributed by atoms with Gasteiger partial charge in [-0.05, 0) is 41.4 Å². The molecule has 122 valence electrons. The highest BCUT2D eigenvalue weighted by atomic mass is 79.9. The number of hydrogen-bond donors (Lipinski definition) is 0. The average molecular weight is 513 g/mol. The third-order valence-electron chi connectivity index (χ3n) is 3.40. The van der Waals surface area contributed by atoms with Crippen LogP contribution in [0.4, 0.5) is 0 Å². The maximum atomic E-state index is 12.2. The van der Waals surface area contributed by atoms with E-state index >= 15 is 0 Å². The number of Topliss-reactive ketones (excluding diaryl/α,β-unsaturated/α-hetero) is 1. The first-order chi connectivity index (χ1) is 11.1. The second kappa shape index (κ2) is 8.65. The molecule has 2 aromatic carbocycles. The smallest absolute Gasteiger partial charge is 0.287 e. The summed E-state index contributed by atoms with van der Waals surface area (Å²) in [5, 5.41) is 0. The van der Waals surface area contributed by atoms with Gasteiger partial charge in [0.25, 0.3) is 6.33 Å². The molecule has 3 aromatic rings. The fourth-order valence-corrected chi connectivity index (χ4v) is 2.69. The van der Waals surface area contributed by atoms with Crippen LogP contribution in [0.2, 0.25) is 0 Å². The van der Waals surface area contributed by atoms with Gasteiger partial charge < -0.3 is 17.0 Å². The summed E-state index contributed by atoms with van der Waals surface area (Å²) >= 11 is 6.78. The van der Waals surface area contributed by atoms with Gasteiger partial charge in [-0.15, -0.1) is 0 Å². The molecule has 0 aliphatic rings. The van der Waals surface area contributed by atoms with E-state index in [1.165, 1.54) is 0 Å². The van der Waals surface area contributed by atoms with Gasteiger partial charge >= 0.3 is 0 Å². The van der Waals surface area contributed by atoms with E-state index < -0.39 is 0 Å². The zero-order chi connectivity index (χ0) is 16.2. The number of hydrogen-bond acceptors (Lipinski definition) is 2. The van der Waals surface area contributed by atoms with Gasteiger partial charge in [-0.3, -0.25) is 4.79 Å². The van der Waals surface area contributed by atoms with Crippen molar-refractivity contribution < 1.29 is 26.3 Å². The van der Waals surface area contributed by atoms with Crippen LogP contribution in [0.15, 0.2) is 76.1 Å². The van der Waals surface area contributed by atoms with Crippen LogP contribution in [0.3, 0.4) is 0 Å². The summed E-state index contributed by atoms with van der Waals surface area (Å²) in [5.41, 5.74) is 2.61. The molecule has 0 radical (unpaired) electrons. The molecule has 0 saturated heterocycles. The molecule has 0 bridgehead atoms. The first-order valence-corrected chi connectivity index (χ1v) is 8.60. The van der Waals surface area contributed by atoms with E-state index in [-0.39, 0.29) is 29.3 Å². The number of carbonyl (C=O) groups excluding carboxylic acids is 1. The van der Waals surface area contributed by atoms with Crippen molar-refractivity contribution in [1.82, 2.24) is 4.98 Å². The predicted molar refractivity (Wildman–Crippen MR) is 96.0 cm³/mol. The van der Waals surface area contributed by atoms with Gasteiger partial charge in [0.05, 0.1) is 6.20 Å². The van der Waals surface area contributed by atoms with Gasteiger partial charge in [-0.25, -0.2) is 4.57 Å². The van der Waals surface area contributed by atoms with Gasteiger partial charge in [-0.1, -0.05) is 44.0 Å². The molecule has 0 atom stereocenters. The lowest BCUT2D eigenvalue weighted by Crippen LogP contribution is -3.00. The van der Waals surface area contributed by atoms with Crippen LogP contribution >= 0.6 is 31.9 Å². The van der Waals surface area contributed by atoms with Gasteiger partial charge in [0.1, 0.15) is 0 Å². The third-order valence-corrected chi connectivity index (χ3v) is 4.46. The monoisotopic (exact) mass is 510 g/mol. The minimum atomic E-state index is 0. The van der Waals surface area contributed by atoms with Crippen molar-refractivity contribution in [3.05, 3.63) is 81.6 Å². The molecule has 0 fully saturated rings. The summed E-state index contributed by atoms with van der Waals surface area (Å²) in [5.74, 6) is 0.0562. The molecule has 0 aliphatic heterocycles. The number of rotatable bonds is 4. The van der Waals surface area contributed by atoms with Crippen LogP contribution in [-0.4, -0.2) is 10.8 Å². The van der Waals surface area contributed by atoms with Gasteiger partial charge in [-0.2, -0.15) is 0 Å². The molecule has 0 spiro atoms. The summed E-state index contributed by atoms with van der Waals surface area (Å²) in [4.78, 5) is 16.7. The minimum absolute atomic E-state index is 0. The lowest BCUT2D eigenvalue weighted by atomic mass is 10.1. The Balaban J connectivity index is 0.00000208. The van der Waals surface area contributed by atoms with Crippen molar-refractivity contribution >= 4 is 37.6 Å². The molecule has 0 saturated carbocycles. The molecule has 3 nitrogen and oxygen atoms in total. The Kier molecular flexibility index (Phi) is 6.83. The summed E-state index contributed by atoms with van der Waals surface area (Å²) in [6.07, 6.45) is 3.56. The minimum Gasteiger partial charge on any atom is -1.00 e. The molecule has 6 heteroatoms. The Hall–Kier alpha value is -1.37. The van der Waals surface area contributed by atoms with Crippen LogP contribution in [0.25, 0.3) is 11.3 Å². The molecule has 0 N–H and O–H groups in total. The summed E-state index contributed by atoms with van der Waals surface area (Å²) in [7, 11) is 0. The number of carbonyl (C=O) groups is 1. The van der Waals surface area contributed by atoms with E-state index in [0.29, 0.717) is 5.56 Å². The number of halogens is 3. The number of aromatic nitrogens is 2. The largest absolute Gasteiger partial charge is 1.00 e. The molecule has 1 heterocycles. The van der Waals surface area contributed by atoms with E-state index in [2.05, 4.69) is 36.8 Å². The van der Waals surface area contributed by atoms with Crippen LogP contribution in [0.1, 0.15) is 10.4 Å². The quantitative estimate of drug-likeness (QED) is 0.392. The molecule has 1 aromatic heterocycles. The maximum absolute atomic E-state index is 12.2. The lowest BCUT2D eigenvalue weighted by molar-refractivity contribution is -0.686. The topological polar surface area (TPSA) is 33.8 Å². The second-order valence-corrected chi connectivity index (χ2v) is 6.89. The number of nitrogens with zero attached hydrogens (tertiary/aromatic N) is 2. The summed E-state index contributed by atoms with van der Waals surface area (Å²) < 4.78 is 3.78. The first-order valence-electron chi connectivity index (χ1n) is 7.01. The summed E-state index contributed by atoms with van der Waals surface area (Å²) in [6, 6.07) is 17.3. The zero-order valence-electron chi connectivity index (χ0n) is 12.5. The maximum Gasteiger partial charge on any atom is 0.287 e. The average Bonchev–Trinajstić information content (AvgIpc) is 2.57. The van der Waals surface area contributed by atoms with Gasteiger partial charge in [0.15, 0.2) is 12.2 Å². The van der Waals surface area contributed by atoms with Crippen molar-refractivity contribution in [3.63, 3.8) is 0 Å². The number of benzene rings is 2. The fraction of sp³-hybridized carbons (Fsp3) is 0.0556. The van der Waals surface area contributed by atoms with E-state index in [0.717, 1.165) is 20.2 Å². The van der Waals surface area contributed by atoms with E-state index in [9.17, 15) is 4.79 Å². The van der Waals surface area contributed by atoms with Crippen LogP contribution in [-0.2, 0) is 6.54 Å². The number of ketones is 1. The van der Waals surface area contributed by atoms with Crippen molar-refractivity contribution in [2.75, 3.05) is 0 Å². The Morgan fingerprint density at radius 1 is 0.917 bits per heavy atom. The predicted octanol–water partition coefficient (Wildman–Crippen LogP) is 1.45. The zero-order valence-corrected chi connectivity index (χ0v) is 17.3. The molecule has 0 unspecified atom stereocenters. The molecule has 3 rings (SSSR count).